The standard InChI is InChI=1S/C24H36N2O3S/c1-18-15-21(17-24(2,3)16-18)26(20-9-10-20)23(27)19-11-13-25(14-12-19)30(28,29)22-7-5-4-6-8-22/h4-8,18-21H,9-17H2,1-3H3/t18-,21+/m1/s1. The number of benzene rings is 1. The molecule has 2 atom stereocenters. The highest BCUT2D eigenvalue weighted by Crippen LogP contribution is 2.44. The molecule has 3 fully saturated rings. The molecule has 0 unspecified atom stereocenters. The van der Waals surface area contributed by atoms with Crippen LogP contribution in [-0.2, 0) is 14.8 Å². The molecule has 0 radical (unpaired) electrons. The second-order valence-corrected chi connectivity index (χ2v) is 12.5. The summed E-state index contributed by atoms with van der Waals surface area (Å²) in [7, 11) is -3.47. The van der Waals surface area contributed by atoms with Gasteiger partial charge in [0.25, 0.3) is 0 Å². The molecule has 1 aromatic carbocycles. The van der Waals surface area contributed by atoms with Gasteiger partial charge in [-0.1, -0.05) is 39.0 Å². The van der Waals surface area contributed by atoms with E-state index in [2.05, 4.69) is 25.7 Å². The molecule has 0 N–H and O–H groups in total. The fraction of sp³-hybridized carbons (Fsp3) is 0.708. The van der Waals surface area contributed by atoms with Crippen molar-refractivity contribution in [1.29, 1.82) is 0 Å². The van der Waals surface area contributed by atoms with Crippen molar-refractivity contribution in [3.05, 3.63) is 30.3 Å². The van der Waals surface area contributed by atoms with Gasteiger partial charge in [0.2, 0.25) is 15.9 Å². The lowest BCUT2D eigenvalue weighted by Crippen LogP contribution is -2.51. The molecule has 1 heterocycles. The van der Waals surface area contributed by atoms with Crippen LogP contribution in [0, 0.1) is 17.3 Å². The molecule has 0 spiro atoms. The van der Waals surface area contributed by atoms with Gasteiger partial charge in [-0.3, -0.25) is 4.79 Å². The number of hydrogen-bond donors (Lipinski definition) is 0. The van der Waals surface area contributed by atoms with Crippen LogP contribution >= 0.6 is 0 Å². The minimum Gasteiger partial charge on any atom is -0.336 e. The smallest absolute Gasteiger partial charge is 0.243 e. The summed E-state index contributed by atoms with van der Waals surface area (Å²) in [6.45, 7) is 7.84. The minimum atomic E-state index is -3.47. The molecule has 0 bridgehead atoms. The van der Waals surface area contributed by atoms with E-state index in [4.69, 9.17) is 0 Å². The molecule has 30 heavy (non-hydrogen) atoms. The predicted molar refractivity (Wildman–Crippen MR) is 118 cm³/mol. The van der Waals surface area contributed by atoms with Crippen LogP contribution in [0.3, 0.4) is 0 Å². The first-order valence-electron chi connectivity index (χ1n) is 11.5. The van der Waals surface area contributed by atoms with Gasteiger partial charge in [0.1, 0.15) is 0 Å². The van der Waals surface area contributed by atoms with E-state index in [0.29, 0.717) is 48.8 Å². The number of hydrogen-bond acceptors (Lipinski definition) is 3. The summed E-state index contributed by atoms with van der Waals surface area (Å²) in [5, 5.41) is 0. The molecule has 166 valence electrons. The molecule has 2 saturated carbocycles. The minimum absolute atomic E-state index is 0.0480. The summed E-state index contributed by atoms with van der Waals surface area (Å²) in [4.78, 5) is 16.2. The largest absolute Gasteiger partial charge is 0.336 e. The number of amides is 1. The van der Waals surface area contributed by atoms with E-state index in [1.54, 1.807) is 28.6 Å². The van der Waals surface area contributed by atoms with E-state index in [1.165, 1.54) is 6.42 Å². The van der Waals surface area contributed by atoms with Gasteiger partial charge < -0.3 is 4.90 Å². The van der Waals surface area contributed by atoms with E-state index < -0.39 is 10.0 Å². The van der Waals surface area contributed by atoms with Crippen LogP contribution in [0.2, 0.25) is 0 Å². The van der Waals surface area contributed by atoms with Gasteiger partial charge >= 0.3 is 0 Å². The van der Waals surface area contributed by atoms with Crippen molar-refractivity contribution in [2.45, 2.75) is 82.7 Å². The van der Waals surface area contributed by atoms with Crippen LogP contribution in [0.5, 0.6) is 0 Å². The monoisotopic (exact) mass is 432 g/mol. The lowest BCUT2D eigenvalue weighted by atomic mass is 9.70. The lowest BCUT2D eigenvalue weighted by Gasteiger charge is -2.45. The maximum absolute atomic E-state index is 13.6. The van der Waals surface area contributed by atoms with Crippen molar-refractivity contribution in [3.8, 4) is 0 Å². The van der Waals surface area contributed by atoms with E-state index in [0.717, 1.165) is 25.7 Å². The Morgan fingerprint density at radius 1 is 1.00 bits per heavy atom. The van der Waals surface area contributed by atoms with Gasteiger partial charge in [-0.25, -0.2) is 8.42 Å². The van der Waals surface area contributed by atoms with Crippen molar-refractivity contribution >= 4 is 15.9 Å². The maximum atomic E-state index is 13.6. The van der Waals surface area contributed by atoms with Gasteiger partial charge in [0.15, 0.2) is 0 Å². The summed E-state index contributed by atoms with van der Waals surface area (Å²) < 4.78 is 27.4. The molecule has 1 aliphatic heterocycles. The van der Waals surface area contributed by atoms with Crippen molar-refractivity contribution in [3.63, 3.8) is 0 Å². The Balaban J connectivity index is 1.43. The van der Waals surface area contributed by atoms with Gasteiger partial charge in [-0.2, -0.15) is 4.31 Å². The molecular formula is C24H36N2O3S. The van der Waals surface area contributed by atoms with Crippen molar-refractivity contribution in [2.75, 3.05) is 13.1 Å². The third kappa shape index (κ3) is 4.59. The Morgan fingerprint density at radius 2 is 1.63 bits per heavy atom. The van der Waals surface area contributed by atoms with Crippen LogP contribution < -0.4 is 0 Å². The Morgan fingerprint density at radius 3 is 2.20 bits per heavy atom. The van der Waals surface area contributed by atoms with Gasteiger partial charge in [-0.15, -0.1) is 0 Å². The third-order valence-corrected chi connectivity index (χ3v) is 9.05. The fourth-order valence-corrected chi connectivity index (χ4v) is 7.30. The highest BCUT2D eigenvalue weighted by molar-refractivity contribution is 7.89. The van der Waals surface area contributed by atoms with Crippen molar-refractivity contribution in [2.24, 2.45) is 17.3 Å². The molecule has 4 rings (SSSR count). The number of carbonyl (C=O) groups excluding carboxylic acids is 1. The third-order valence-electron chi connectivity index (χ3n) is 7.14. The summed E-state index contributed by atoms with van der Waals surface area (Å²) in [5.41, 5.74) is 0.281. The summed E-state index contributed by atoms with van der Waals surface area (Å²) in [6, 6.07) is 9.38. The number of piperidine rings is 1. The van der Waals surface area contributed by atoms with E-state index in [1.807, 2.05) is 6.07 Å². The van der Waals surface area contributed by atoms with Crippen LogP contribution in [-0.4, -0.2) is 48.7 Å². The average Bonchev–Trinajstić information content (AvgIpc) is 3.52. The first-order chi connectivity index (χ1) is 14.2. The maximum Gasteiger partial charge on any atom is 0.243 e. The lowest BCUT2D eigenvalue weighted by molar-refractivity contribution is -0.142. The van der Waals surface area contributed by atoms with E-state index in [-0.39, 0.29) is 17.2 Å². The van der Waals surface area contributed by atoms with Gasteiger partial charge in [-0.05, 0) is 68.4 Å². The van der Waals surface area contributed by atoms with E-state index in [9.17, 15) is 13.2 Å². The zero-order valence-electron chi connectivity index (χ0n) is 18.6. The van der Waals surface area contributed by atoms with Crippen LogP contribution in [0.1, 0.15) is 65.7 Å². The SMILES string of the molecule is C[C@@H]1C[C@H](N(C(=O)C2CCN(S(=O)(=O)c3ccccc3)CC2)C2CC2)CC(C)(C)C1. The van der Waals surface area contributed by atoms with Crippen molar-refractivity contribution in [1.82, 2.24) is 9.21 Å². The summed E-state index contributed by atoms with van der Waals surface area (Å²) in [6.07, 6.45) is 6.91. The first kappa shape index (κ1) is 21.8. The molecule has 1 saturated heterocycles. The summed E-state index contributed by atoms with van der Waals surface area (Å²) in [5.74, 6) is 0.878. The Bertz CT molecular complexity index is 856. The van der Waals surface area contributed by atoms with Crippen molar-refractivity contribution < 1.29 is 13.2 Å². The zero-order valence-corrected chi connectivity index (χ0v) is 19.4. The molecule has 6 heteroatoms. The normalized spacial score (nSPS) is 28.2. The fourth-order valence-electron chi connectivity index (χ4n) is 5.81. The molecule has 3 aliphatic rings. The average molecular weight is 433 g/mol. The van der Waals surface area contributed by atoms with Crippen LogP contribution in [0.15, 0.2) is 35.2 Å². The number of nitrogens with zero attached hydrogens (tertiary/aromatic N) is 2. The van der Waals surface area contributed by atoms with Gasteiger partial charge in [0.05, 0.1) is 4.90 Å². The molecular weight excluding hydrogens is 396 g/mol. The number of sulfonamides is 1. The Kier molecular flexibility index (Phi) is 6.01. The van der Waals surface area contributed by atoms with Gasteiger partial charge in [0, 0.05) is 31.1 Å². The molecule has 1 aromatic rings. The molecule has 2 aliphatic carbocycles. The van der Waals surface area contributed by atoms with Crippen LogP contribution in [0.4, 0.5) is 0 Å². The van der Waals surface area contributed by atoms with Crippen LogP contribution in [0.25, 0.3) is 0 Å². The van der Waals surface area contributed by atoms with E-state index >= 15 is 0 Å². The first-order valence-corrected chi connectivity index (χ1v) is 13.0. The highest BCUT2D eigenvalue weighted by Gasteiger charge is 2.45. The molecule has 0 aromatic heterocycles. The second kappa shape index (κ2) is 8.27. The number of rotatable bonds is 5. The second-order valence-electron chi connectivity index (χ2n) is 10.5. The molecule has 1 amide bonds. The zero-order chi connectivity index (χ0) is 21.5. The summed E-state index contributed by atoms with van der Waals surface area (Å²) >= 11 is 0. The predicted octanol–water partition coefficient (Wildman–Crippen LogP) is 4.29. The Hall–Kier alpha value is -1.40. The Labute approximate surface area is 181 Å². The quantitative estimate of drug-likeness (QED) is 0.697. The number of carbonyl (C=O) groups is 1. The topological polar surface area (TPSA) is 57.7 Å². The molecule has 5 nitrogen and oxygen atoms in total. The highest BCUT2D eigenvalue weighted by atomic mass is 32.2.